The summed E-state index contributed by atoms with van der Waals surface area (Å²) in [6, 6.07) is 4.38. The molecule has 0 spiro atoms. The molecule has 1 heterocycles. The van der Waals surface area contributed by atoms with Crippen molar-refractivity contribution in [2.45, 2.75) is 26.4 Å². The van der Waals surface area contributed by atoms with Crippen LogP contribution in [0.5, 0.6) is 0 Å². The quantitative estimate of drug-likeness (QED) is 0.492. The van der Waals surface area contributed by atoms with Crippen molar-refractivity contribution in [1.29, 1.82) is 0 Å². The smallest absolute Gasteiger partial charge is 0.293 e. The molecule has 108 valence electrons. The van der Waals surface area contributed by atoms with Crippen LogP contribution in [0.15, 0.2) is 18.2 Å². The maximum atomic E-state index is 10.4. The number of carbonyl (C=O) groups is 1. The predicted octanol–water partition coefficient (Wildman–Crippen LogP) is 2.01. The van der Waals surface area contributed by atoms with E-state index in [0.717, 1.165) is 0 Å². The van der Waals surface area contributed by atoms with Crippen molar-refractivity contribution in [3.63, 3.8) is 0 Å². The summed E-state index contributed by atoms with van der Waals surface area (Å²) in [5.74, 6) is 0.277. The van der Waals surface area contributed by atoms with Crippen LogP contribution in [0.4, 0.5) is 11.5 Å². The molecule has 0 aliphatic rings. The number of fused-ring (bicyclic) bond motifs is 1. The van der Waals surface area contributed by atoms with Gasteiger partial charge in [-0.2, -0.15) is 5.10 Å². The molecule has 2 rings (SSSR count). The summed E-state index contributed by atoms with van der Waals surface area (Å²) in [7, 11) is 0. The van der Waals surface area contributed by atoms with Crippen molar-refractivity contribution in [1.82, 2.24) is 10.2 Å². The van der Waals surface area contributed by atoms with E-state index in [0.29, 0.717) is 17.4 Å². The number of hydrogen-bond acceptors (Lipinski definition) is 6. The number of anilines is 1. The maximum absolute atomic E-state index is 10.4. The van der Waals surface area contributed by atoms with Gasteiger partial charge in [0.05, 0.1) is 15.8 Å². The summed E-state index contributed by atoms with van der Waals surface area (Å²) < 4.78 is 4.55. The monoisotopic (exact) mass is 280 g/mol. The molecule has 1 aromatic heterocycles. The molecule has 0 atom stereocenters. The summed E-state index contributed by atoms with van der Waals surface area (Å²) >= 11 is 0. The number of nitrogen functional groups attached to an aromatic ring is 1. The van der Waals surface area contributed by atoms with Crippen molar-refractivity contribution in [2.24, 2.45) is 0 Å². The molecule has 0 radical (unpaired) electrons. The van der Waals surface area contributed by atoms with Crippen molar-refractivity contribution in [3.05, 3.63) is 28.3 Å². The lowest BCUT2D eigenvalue weighted by Gasteiger charge is -2.14. The molecule has 20 heavy (non-hydrogen) atoms. The highest BCUT2D eigenvalue weighted by Gasteiger charge is 2.09. The predicted molar refractivity (Wildman–Crippen MR) is 74.1 cm³/mol. The van der Waals surface area contributed by atoms with E-state index in [1.54, 1.807) is 6.07 Å². The number of rotatable bonds is 2. The Morgan fingerprint density at radius 1 is 1.45 bits per heavy atom. The zero-order chi connectivity index (χ0) is 15.3. The fraction of sp³-hybridized carbons (Fsp3) is 0.333. The van der Waals surface area contributed by atoms with Crippen LogP contribution < -0.4 is 5.73 Å². The van der Waals surface area contributed by atoms with E-state index in [1.165, 1.54) is 12.1 Å². The van der Waals surface area contributed by atoms with Gasteiger partial charge in [-0.05, 0) is 26.8 Å². The number of nitrogens with zero attached hydrogens (tertiary/aromatic N) is 2. The van der Waals surface area contributed by atoms with Gasteiger partial charge in [-0.25, -0.2) is 0 Å². The fourth-order valence-electron chi connectivity index (χ4n) is 1.28. The second-order valence-electron chi connectivity index (χ2n) is 4.92. The molecule has 0 aliphatic heterocycles. The summed E-state index contributed by atoms with van der Waals surface area (Å²) in [6.45, 7) is 5.92. The second-order valence-corrected chi connectivity index (χ2v) is 4.92. The number of aromatic amines is 1. The first kappa shape index (κ1) is 15.4. The van der Waals surface area contributed by atoms with Crippen molar-refractivity contribution in [3.8, 4) is 0 Å². The lowest BCUT2D eigenvalue weighted by Crippen LogP contribution is -2.17. The van der Waals surface area contributed by atoms with Crippen molar-refractivity contribution >= 4 is 28.9 Å². The largest absolute Gasteiger partial charge is 0.462 e. The molecule has 0 fully saturated rings. The summed E-state index contributed by atoms with van der Waals surface area (Å²) in [5, 5.41) is 17.4. The highest BCUT2D eigenvalue weighted by molar-refractivity contribution is 5.90. The number of aromatic nitrogens is 2. The zero-order valence-corrected chi connectivity index (χ0v) is 11.4. The summed E-state index contributed by atoms with van der Waals surface area (Å²) in [6.07, 6.45) is 0. The van der Waals surface area contributed by atoms with E-state index in [4.69, 9.17) is 5.73 Å². The minimum atomic E-state index is -0.466. The van der Waals surface area contributed by atoms with Gasteiger partial charge in [0.25, 0.3) is 12.2 Å². The van der Waals surface area contributed by atoms with Gasteiger partial charge in [-0.3, -0.25) is 20.0 Å². The van der Waals surface area contributed by atoms with Crippen LogP contribution in [0.2, 0.25) is 0 Å². The molecule has 0 unspecified atom stereocenters. The molecular weight excluding hydrogens is 264 g/mol. The van der Waals surface area contributed by atoms with Crippen LogP contribution in [0.3, 0.4) is 0 Å². The number of nitrogens with one attached hydrogen (secondary N) is 1. The van der Waals surface area contributed by atoms with Crippen molar-refractivity contribution < 1.29 is 14.5 Å². The Morgan fingerprint density at radius 2 is 2.10 bits per heavy atom. The van der Waals surface area contributed by atoms with Crippen LogP contribution in [-0.2, 0) is 9.53 Å². The average molecular weight is 280 g/mol. The Kier molecular flexibility index (Phi) is 4.63. The average Bonchev–Trinajstić information content (AvgIpc) is 2.70. The highest BCUT2D eigenvalue weighted by Crippen LogP contribution is 2.22. The molecule has 0 bridgehead atoms. The summed E-state index contributed by atoms with van der Waals surface area (Å²) in [5.41, 5.74) is 5.87. The third-order valence-electron chi connectivity index (χ3n) is 2.19. The van der Waals surface area contributed by atoms with Gasteiger partial charge in [0.15, 0.2) is 5.82 Å². The number of ether oxygens (including phenoxy) is 1. The third-order valence-corrected chi connectivity index (χ3v) is 2.19. The molecule has 3 N–H and O–H groups in total. The Morgan fingerprint density at radius 3 is 2.55 bits per heavy atom. The van der Waals surface area contributed by atoms with Gasteiger partial charge in [-0.1, -0.05) is 0 Å². The number of nitro benzene ring substituents is 1. The Labute approximate surface area is 115 Å². The lowest BCUT2D eigenvalue weighted by atomic mass is 10.2. The highest BCUT2D eigenvalue weighted by atomic mass is 16.6. The number of non-ortho nitro benzene ring substituents is 1. The van der Waals surface area contributed by atoms with Gasteiger partial charge in [0, 0.05) is 12.1 Å². The van der Waals surface area contributed by atoms with Crippen LogP contribution in [0.25, 0.3) is 10.9 Å². The number of hydrogen-bond donors (Lipinski definition) is 2. The zero-order valence-electron chi connectivity index (χ0n) is 11.4. The standard InChI is InChI=1S/C7H6N4O2.C5H10O2/c8-7-5-3-4(11(12)13)1-2-6(5)9-10-7;1-5(2,3)7-4-6/h1-3H,(H3,8,9,10);4H,1-3H3. The minimum Gasteiger partial charge on any atom is -0.462 e. The number of nitrogens with two attached hydrogens (primary N) is 1. The van der Waals surface area contributed by atoms with Crippen molar-refractivity contribution in [2.75, 3.05) is 5.73 Å². The van der Waals surface area contributed by atoms with Gasteiger partial charge >= 0.3 is 0 Å². The molecule has 2 aromatic rings. The topological polar surface area (TPSA) is 124 Å². The van der Waals surface area contributed by atoms with E-state index < -0.39 is 4.92 Å². The minimum absolute atomic E-state index is 0.0144. The van der Waals surface area contributed by atoms with Gasteiger partial charge in [0.1, 0.15) is 5.60 Å². The van der Waals surface area contributed by atoms with E-state index in [-0.39, 0.29) is 17.1 Å². The van der Waals surface area contributed by atoms with E-state index in [2.05, 4.69) is 14.9 Å². The van der Waals surface area contributed by atoms with Crippen LogP contribution in [0.1, 0.15) is 20.8 Å². The molecule has 0 saturated carbocycles. The Balaban J connectivity index is 0.000000246. The first-order valence-corrected chi connectivity index (χ1v) is 5.74. The third kappa shape index (κ3) is 4.23. The Hall–Kier alpha value is -2.64. The molecule has 8 heteroatoms. The first-order chi connectivity index (χ1) is 9.24. The second kappa shape index (κ2) is 6.00. The number of benzene rings is 1. The molecule has 0 saturated heterocycles. The van der Waals surface area contributed by atoms with E-state index in [1.807, 2.05) is 20.8 Å². The molecule has 0 aliphatic carbocycles. The lowest BCUT2D eigenvalue weighted by molar-refractivity contribution is -0.384. The number of nitro groups is 1. The van der Waals surface area contributed by atoms with E-state index >= 15 is 0 Å². The molecule has 8 nitrogen and oxygen atoms in total. The van der Waals surface area contributed by atoms with Gasteiger partial charge < -0.3 is 10.5 Å². The summed E-state index contributed by atoms with van der Waals surface area (Å²) in [4.78, 5) is 19.5. The van der Waals surface area contributed by atoms with Crippen LogP contribution in [0, 0.1) is 10.1 Å². The first-order valence-electron chi connectivity index (χ1n) is 5.74. The molecular formula is C12H16N4O4. The van der Waals surface area contributed by atoms with E-state index in [9.17, 15) is 14.9 Å². The maximum Gasteiger partial charge on any atom is 0.293 e. The molecule has 1 aromatic carbocycles. The fourth-order valence-corrected chi connectivity index (χ4v) is 1.28. The number of H-pyrrole nitrogens is 1. The van der Waals surface area contributed by atoms with Gasteiger partial charge in [0.2, 0.25) is 0 Å². The normalized spacial score (nSPS) is 10.6. The van der Waals surface area contributed by atoms with Gasteiger partial charge in [-0.15, -0.1) is 0 Å². The Bertz CT molecular complexity index is 615. The molecule has 0 amide bonds. The SMILES string of the molecule is CC(C)(C)OC=O.Nc1n[nH]c2ccc([N+](=O)[O-])cc12. The number of carbonyl (C=O) groups excluding carboxylic acids is 1. The van der Waals surface area contributed by atoms with Crippen LogP contribution >= 0.6 is 0 Å². The van der Waals surface area contributed by atoms with Crippen LogP contribution in [-0.4, -0.2) is 27.2 Å².